The van der Waals surface area contributed by atoms with Gasteiger partial charge in [0.25, 0.3) is 0 Å². The lowest BCUT2D eigenvalue weighted by molar-refractivity contribution is 0.0730. The third kappa shape index (κ3) is 4.37. The Hall–Kier alpha value is -3.20. The Labute approximate surface area is 192 Å². The molecular formula is C25H29N5O3. The molecule has 5 rings (SSSR count). The van der Waals surface area contributed by atoms with Crippen LogP contribution in [0.3, 0.4) is 0 Å². The molecule has 0 atom stereocenters. The van der Waals surface area contributed by atoms with Crippen molar-refractivity contribution < 1.29 is 15.1 Å². The van der Waals surface area contributed by atoms with Gasteiger partial charge in [0.05, 0.1) is 17.9 Å². The number of aliphatic hydroxyl groups is 1. The van der Waals surface area contributed by atoms with E-state index in [1.54, 1.807) is 0 Å². The maximum Gasteiger partial charge on any atom is 0.199 e. The van der Waals surface area contributed by atoms with Crippen LogP contribution in [-0.2, 0) is 4.84 Å². The molecule has 8 nitrogen and oxygen atoms in total. The molecule has 0 aliphatic carbocycles. The van der Waals surface area contributed by atoms with Crippen LogP contribution in [0.2, 0.25) is 0 Å². The molecule has 2 aromatic carbocycles. The van der Waals surface area contributed by atoms with E-state index in [-0.39, 0.29) is 12.5 Å². The van der Waals surface area contributed by atoms with Crippen LogP contribution in [0.4, 0.5) is 5.69 Å². The minimum absolute atomic E-state index is 0.0793. The van der Waals surface area contributed by atoms with Gasteiger partial charge in [0.1, 0.15) is 18.0 Å². The number of rotatable bonds is 7. The molecule has 1 aromatic heterocycles. The van der Waals surface area contributed by atoms with Gasteiger partial charge in [-0.25, -0.2) is 4.99 Å². The topological polar surface area (TPSA) is 96.7 Å². The molecule has 0 bridgehead atoms. The molecule has 3 N–H and O–H groups in total. The molecule has 3 heterocycles. The van der Waals surface area contributed by atoms with E-state index in [4.69, 9.17) is 14.9 Å². The third-order valence-corrected chi connectivity index (χ3v) is 6.32. The maximum atomic E-state index is 10.7. The van der Waals surface area contributed by atoms with Gasteiger partial charge in [0, 0.05) is 55.7 Å². The van der Waals surface area contributed by atoms with Crippen LogP contribution in [0.15, 0.2) is 52.6 Å². The first-order chi connectivity index (χ1) is 16.1. The lowest BCUT2D eigenvalue weighted by Crippen LogP contribution is -2.47. The number of β-amino-alcohol motifs (C(OH)–C–C–N with tert-alkyl or cyclic N) is 1. The van der Waals surface area contributed by atoms with Gasteiger partial charge in [0.2, 0.25) is 0 Å². The number of oxime groups is 1. The molecule has 0 radical (unpaired) electrons. The monoisotopic (exact) mass is 447 g/mol. The molecule has 0 unspecified atom stereocenters. The third-order valence-electron chi connectivity index (χ3n) is 6.32. The average molecular weight is 448 g/mol. The summed E-state index contributed by atoms with van der Waals surface area (Å²) in [4.78, 5) is 18.2. The Balaban J connectivity index is 1.35. The van der Waals surface area contributed by atoms with Gasteiger partial charge in [-0.1, -0.05) is 35.0 Å². The smallest absolute Gasteiger partial charge is 0.199 e. The van der Waals surface area contributed by atoms with Gasteiger partial charge in [-0.15, -0.1) is 0 Å². The molecule has 0 saturated carbocycles. The van der Waals surface area contributed by atoms with Crippen molar-refractivity contribution in [3.05, 3.63) is 59.2 Å². The average Bonchev–Trinajstić information content (AvgIpc) is 3.34. The number of fused-ring (bicyclic) bond motifs is 2. The van der Waals surface area contributed by atoms with Crippen molar-refractivity contribution in [2.75, 3.05) is 52.5 Å². The van der Waals surface area contributed by atoms with E-state index >= 15 is 0 Å². The summed E-state index contributed by atoms with van der Waals surface area (Å²) < 4.78 is 0. The zero-order valence-electron chi connectivity index (χ0n) is 18.8. The molecule has 8 heteroatoms. The highest BCUT2D eigenvalue weighted by Crippen LogP contribution is 2.35. The van der Waals surface area contributed by atoms with Crippen LogP contribution in [-0.4, -0.2) is 88.9 Å². The summed E-state index contributed by atoms with van der Waals surface area (Å²) in [5.41, 5.74) is 5.56. The molecule has 0 amide bonds. The number of hydrogen-bond donors (Lipinski definition) is 3. The summed E-state index contributed by atoms with van der Waals surface area (Å²) >= 11 is 0. The predicted molar refractivity (Wildman–Crippen MR) is 130 cm³/mol. The number of aromatic hydroxyl groups is 1. The summed E-state index contributed by atoms with van der Waals surface area (Å²) in [6.07, 6.45) is 0. The normalized spacial score (nSPS) is 18.1. The Morgan fingerprint density at radius 2 is 1.82 bits per heavy atom. The van der Waals surface area contributed by atoms with E-state index in [1.165, 1.54) is 0 Å². The number of aromatic nitrogens is 1. The molecule has 1 fully saturated rings. The molecule has 0 spiro atoms. The van der Waals surface area contributed by atoms with Crippen LogP contribution in [0.5, 0.6) is 5.88 Å². The number of benzene rings is 2. The van der Waals surface area contributed by atoms with Crippen LogP contribution in [0, 0.1) is 6.92 Å². The van der Waals surface area contributed by atoms with Crippen molar-refractivity contribution >= 4 is 28.0 Å². The standard InChI is InChI=1S/C25H29N5O3/c1-17-6-7-21-19(16-17)22(25(32)27-21)24-23(18-4-2-3-5-20(18)26-24)28-33-15-13-30-10-8-29(9-11-30)12-14-31/h2-7,16,27,31-32H,8-15H2,1H3. The van der Waals surface area contributed by atoms with E-state index in [0.29, 0.717) is 23.6 Å². The zero-order valence-corrected chi connectivity index (χ0v) is 18.8. The number of nitrogens with one attached hydrogen (secondary N) is 1. The number of piperazine rings is 1. The number of para-hydroxylation sites is 1. The fraction of sp³-hybridized carbons (Fsp3) is 0.360. The second-order valence-electron chi connectivity index (χ2n) is 8.56. The predicted octanol–water partition coefficient (Wildman–Crippen LogP) is 2.65. The maximum absolute atomic E-state index is 10.7. The molecule has 2 aliphatic heterocycles. The Morgan fingerprint density at radius 3 is 2.61 bits per heavy atom. The van der Waals surface area contributed by atoms with Crippen molar-refractivity contribution in [1.82, 2.24) is 14.8 Å². The highest BCUT2D eigenvalue weighted by Gasteiger charge is 2.29. The molecule has 33 heavy (non-hydrogen) atoms. The summed E-state index contributed by atoms with van der Waals surface area (Å²) in [5, 5.41) is 25.2. The summed E-state index contributed by atoms with van der Waals surface area (Å²) in [7, 11) is 0. The molecule has 172 valence electrons. The van der Waals surface area contributed by atoms with Crippen molar-refractivity contribution in [2.24, 2.45) is 10.1 Å². The van der Waals surface area contributed by atoms with Crippen molar-refractivity contribution in [2.45, 2.75) is 6.92 Å². The minimum Gasteiger partial charge on any atom is -0.494 e. The van der Waals surface area contributed by atoms with E-state index < -0.39 is 0 Å². The Morgan fingerprint density at radius 1 is 1.06 bits per heavy atom. The van der Waals surface area contributed by atoms with Gasteiger partial charge in [-0.05, 0) is 25.1 Å². The first kappa shape index (κ1) is 21.6. The lowest BCUT2D eigenvalue weighted by Gasteiger charge is -2.33. The molecule has 2 aliphatic rings. The van der Waals surface area contributed by atoms with E-state index in [9.17, 15) is 5.11 Å². The highest BCUT2D eigenvalue weighted by molar-refractivity contribution is 6.58. The van der Waals surface area contributed by atoms with Crippen LogP contribution >= 0.6 is 0 Å². The largest absolute Gasteiger partial charge is 0.494 e. The van der Waals surface area contributed by atoms with Gasteiger partial charge in [0.15, 0.2) is 5.88 Å². The van der Waals surface area contributed by atoms with Crippen molar-refractivity contribution in [3.63, 3.8) is 0 Å². The number of aromatic amines is 1. The first-order valence-electron chi connectivity index (χ1n) is 11.4. The van der Waals surface area contributed by atoms with Gasteiger partial charge in [-0.3, -0.25) is 9.80 Å². The summed E-state index contributed by atoms with van der Waals surface area (Å²) in [6, 6.07) is 13.8. The number of hydrogen-bond acceptors (Lipinski definition) is 7. The second-order valence-corrected chi connectivity index (χ2v) is 8.56. The van der Waals surface area contributed by atoms with Crippen LogP contribution < -0.4 is 0 Å². The summed E-state index contributed by atoms with van der Waals surface area (Å²) in [5.74, 6) is 0.0793. The molecule has 3 aromatic rings. The van der Waals surface area contributed by atoms with E-state index in [1.807, 2.05) is 49.4 Å². The number of aliphatic imine (C=N–C) groups is 1. The Bertz CT molecular complexity index is 1210. The number of aliphatic hydroxyl groups excluding tert-OH is 1. The van der Waals surface area contributed by atoms with E-state index in [2.05, 4.69) is 19.9 Å². The molecule has 1 saturated heterocycles. The van der Waals surface area contributed by atoms with Crippen molar-refractivity contribution in [3.8, 4) is 5.88 Å². The van der Waals surface area contributed by atoms with Gasteiger partial charge >= 0.3 is 0 Å². The number of nitrogens with zero attached hydrogens (tertiary/aromatic N) is 4. The van der Waals surface area contributed by atoms with Gasteiger partial charge in [-0.2, -0.15) is 0 Å². The van der Waals surface area contributed by atoms with Crippen molar-refractivity contribution in [1.29, 1.82) is 0 Å². The summed E-state index contributed by atoms with van der Waals surface area (Å²) in [6.45, 7) is 8.05. The Kier molecular flexibility index (Phi) is 6.13. The number of aryl methyl sites for hydroxylation is 1. The fourth-order valence-electron chi connectivity index (χ4n) is 4.53. The van der Waals surface area contributed by atoms with Crippen LogP contribution in [0.25, 0.3) is 10.9 Å². The van der Waals surface area contributed by atoms with Crippen LogP contribution in [0.1, 0.15) is 16.7 Å². The number of H-pyrrole nitrogens is 1. The second kappa shape index (κ2) is 9.35. The lowest BCUT2D eigenvalue weighted by atomic mass is 10.0. The molecular weight excluding hydrogens is 418 g/mol. The zero-order chi connectivity index (χ0) is 22.8. The first-order valence-corrected chi connectivity index (χ1v) is 11.4. The highest BCUT2D eigenvalue weighted by atomic mass is 16.6. The van der Waals surface area contributed by atoms with E-state index in [0.717, 1.165) is 67.0 Å². The minimum atomic E-state index is 0.0793. The fourth-order valence-corrected chi connectivity index (χ4v) is 4.53. The SMILES string of the molecule is Cc1ccc2[nH]c(O)c(C3=Nc4ccccc4C3=NOCCN3CCN(CCO)CC3)c2c1. The van der Waals surface area contributed by atoms with Gasteiger partial charge < -0.3 is 20.0 Å². The quantitative estimate of drug-likeness (QED) is 0.382.